The van der Waals surface area contributed by atoms with E-state index >= 15 is 0 Å². The van der Waals surface area contributed by atoms with Crippen LogP contribution in [-0.4, -0.2) is 36.2 Å². The van der Waals surface area contributed by atoms with Gasteiger partial charge >= 0.3 is 0 Å². The summed E-state index contributed by atoms with van der Waals surface area (Å²) in [5.41, 5.74) is 5.20. The minimum atomic E-state index is -0.0454. The van der Waals surface area contributed by atoms with Crippen molar-refractivity contribution in [2.45, 2.75) is 18.9 Å². The number of nitrogens with zero attached hydrogens (tertiary/aromatic N) is 1. The number of carbonyl (C=O) groups is 1. The van der Waals surface area contributed by atoms with Gasteiger partial charge in [-0.1, -0.05) is 0 Å². The zero-order valence-corrected chi connectivity index (χ0v) is 6.42. The van der Waals surface area contributed by atoms with Gasteiger partial charge in [-0.2, -0.15) is 0 Å². The topological polar surface area (TPSA) is 70.2 Å². The Balaban J connectivity index is 2.56. The number of rotatable bonds is 2. The van der Waals surface area contributed by atoms with Crippen molar-refractivity contribution in [2.75, 3.05) is 13.1 Å². The molecule has 62 valence electrons. The number of nitrogens with two attached hydrogens (primary N) is 1. The van der Waals surface area contributed by atoms with Crippen LogP contribution in [0.3, 0.4) is 0 Å². The second-order valence-electron chi connectivity index (χ2n) is 2.67. The lowest BCUT2D eigenvalue weighted by Crippen LogP contribution is -2.40. The molecular weight excluding hydrogens is 142 g/mol. The Hall–Kier alpha value is -0.900. The van der Waals surface area contributed by atoms with Gasteiger partial charge in [0.15, 0.2) is 0 Å². The molecule has 0 saturated carbocycles. The smallest absolute Gasteiger partial charge is 0.236 e. The number of likely N-dealkylation sites (tertiary alicyclic amines) is 1. The van der Waals surface area contributed by atoms with Gasteiger partial charge in [0.2, 0.25) is 5.91 Å². The fraction of sp³-hybridized carbons (Fsp3) is 0.714. The number of amides is 1. The summed E-state index contributed by atoms with van der Waals surface area (Å²) in [5, 5.41) is 7.04. The highest BCUT2D eigenvalue weighted by Crippen LogP contribution is 2.14. The Morgan fingerprint density at radius 3 is 3.09 bits per heavy atom. The van der Waals surface area contributed by atoms with Crippen LogP contribution in [0.4, 0.5) is 0 Å². The standard InChI is InChI=1S/C7H13N3O/c8-4-6-2-1-3-10(6)7(11)5-9/h4,6,8H,1-3,5,9H2/t6-/m0/s1. The van der Waals surface area contributed by atoms with Crippen LogP contribution in [0.1, 0.15) is 12.8 Å². The first-order valence-corrected chi connectivity index (χ1v) is 3.79. The van der Waals surface area contributed by atoms with Gasteiger partial charge in [0.05, 0.1) is 12.6 Å². The molecule has 0 aromatic heterocycles. The molecule has 0 radical (unpaired) electrons. The van der Waals surface area contributed by atoms with Gasteiger partial charge in [-0.3, -0.25) is 4.79 Å². The summed E-state index contributed by atoms with van der Waals surface area (Å²) < 4.78 is 0. The lowest BCUT2D eigenvalue weighted by atomic mass is 10.2. The van der Waals surface area contributed by atoms with Crippen LogP contribution in [-0.2, 0) is 4.79 Å². The van der Waals surface area contributed by atoms with Gasteiger partial charge in [0.25, 0.3) is 0 Å². The van der Waals surface area contributed by atoms with E-state index in [1.807, 2.05) is 0 Å². The largest absolute Gasteiger partial charge is 0.334 e. The zero-order valence-electron chi connectivity index (χ0n) is 6.42. The highest BCUT2D eigenvalue weighted by Gasteiger charge is 2.25. The van der Waals surface area contributed by atoms with Crippen LogP contribution in [0.5, 0.6) is 0 Å². The summed E-state index contributed by atoms with van der Waals surface area (Å²) in [5.74, 6) is -0.0454. The van der Waals surface area contributed by atoms with E-state index in [4.69, 9.17) is 11.1 Å². The van der Waals surface area contributed by atoms with E-state index in [0.717, 1.165) is 19.4 Å². The van der Waals surface area contributed by atoms with E-state index in [1.165, 1.54) is 6.21 Å². The number of hydrogen-bond donors (Lipinski definition) is 2. The van der Waals surface area contributed by atoms with Crippen LogP contribution in [0.25, 0.3) is 0 Å². The van der Waals surface area contributed by atoms with Crippen LogP contribution < -0.4 is 5.73 Å². The van der Waals surface area contributed by atoms with Gasteiger partial charge in [-0.25, -0.2) is 0 Å². The van der Waals surface area contributed by atoms with Gasteiger partial charge in [0.1, 0.15) is 0 Å². The number of hydrogen-bond acceptors (Lipinski definition) is 3. The first-order valence-electron chi connectivity index (χ1n) is 3.79. The van der Waals surface area contributed by atoms with Crippen LogP contribution in [0.15, 0.2) is 0 Å². The minimum absolute atomic E-state index is 0.00560. The molecule has 1 heterocycles. The van der Waals surface area contributed by atoms with Crippen molar-refractivity contribution in [3.63, 3.8) is 0 Å². The van der Waals surface area contributed by atoms with E-state index in [2.05, 4.69) is 0 Å². The molecule has 1 rings (SSSR count). The first-order chi connectivity index (χ1) is 5.29. The molecule has 0 aromatic rings. The summed E-state index contributed by atoms with van der Waals surface area (Å²) in [7, 11) is 0. The molecule has 0 bridgehead atoms. The van der Waals surface area contributed by atoms with Crippen molar-refractivity contribution in [3.8, 4) is 0 Å². The Labute approximate surface area is 65.9 Å². The van der Waals surface area contributed by atoms with Crippen LogP contribution in [0, 0.1) is 5.41 Å². The van der Waals surface area contributed by atoms with Crippen molar-refractivity contribution >= 4 is 12.1 Å². The third-order valence-electron chi connectivity index (χ3n) is 1.99. The molecule has 1 aliphatic heterocycles. The maximum atomic E-state index is 11.1. The molecule has 11 heavy (non-hydrogen) atoms. The normalized spacial score (nSPS) is 23.7. The quantitative estimate of drug-likeness (QED) is 0.532. The number of carbonyl (C=O) groups excluding carboxylic acids is 1. The molecule has 1 atom stereocenters. The van der Waals surface area contributed by atoms with Gasteiger partial charge in [-0.05, 0) is 12.8 Å². The van der Waals surface area contributed by atoms with E-state index in [0.29, 0.717) is 0 Å². The second-order valence-corrected chi connectivity index (χ2v) is 2.67. The average molecular weight is 155 g/mol. The lowest BCUT2D eigenvalue weighted by molar-refractivity contribution is -0.129. The Morgan fingerprint density at radius 1 is 1.82 bits per heavy atom. The fourth-order valence-corrected chi connectivity index (χ4v) is 1.39. The monoisotopic (exact) mass is 155 g/mol. The predicted molar refractivity (Wildman–Crippen MR) is 42.6 cm³/mol. The molecular formula is C7H13N3O. The summed E-state index contributed by atoms with van der Waals surface area (Å²) in [4.78, 5) is 12.8. The molecule has 1 amide bonds. The SMILES string of the molecule is N=C[C@@H]1CCCN1C(=O)CN. The molecule has 1 fully saturated rings. The Kier molecular flexibility index (Phi) is 2.59. The van der Waals surface area contributed by atoms with Crippen molar-refractivity contribution in [1.29, 1.82) is 5.41 Å². The van der Waals surface area contributed by atoms with Crippen molar-refractivity contribution in [3.05, 3.63) is 0 Å². The first kappa shape index (κ1) is 8.20. The van der Waals surface area contributed by atoms with E-state index in [9.17, 15) is 4.79 Å². The summed E-state index contributed by atoms with van der Waals surface area (Å²) in [6.07, 6.45) is 3.22. The molecule has 0 unspecified atom stereocenters. The molecule has 4 heteroatoms. The Bertz CT molecular complexity index is 169. The van der Waals surface area contributed by atoms with E-state index in [1.54, 1.807) is 4.90 Å². The maximum Gasteiger partial charge on any atom is 0.236 e. The highest BCUT2D eigenvalue weighted by molar-refractivity contribution is 5.82. The van der Waals surface area contributed by atoms with Gasteiger partial charge in [-0.15, -0.1) is 0 Å². The molecule has 0 spiro atoms. The van der Waals surface area contributed by atoms with Crippen molar-refractivity contribution in [2.24, 2.45) is 5.73 Å². The molecule has 3 N–H and O–H groups in total. The minimum Gasteiger partial charge on any atom is -0.334 e. The average Bonchev–Trinajstić information content (AvgIpc) is 2.50. The number of nitrogens with one attached hydrogen (secondary N) is 1. The maximum absolute atomic E-state index is 11.1. The third kappa shape index (κ3) is 1.57. The fourth-order valence-electron chi connectivity index (χ4n) is 1.39. The van der Waals surface area contributed by atoms with Crippen LogP contribution in [0.2, 0.25) is 0 Å². The zero-order chi connectivity index (χ0) is 8.27. The van der Waals surface area contributed by atoms with Gasteiger partial charge in [0, 0.05) is 12.8 Å². The second kappa shape index (κ2) is 3.48. The van der Waals surface area contributed by atoms with Crippen LogP contribution >= 0.6 is 0 Å². The molecule has 0 aliphatic carbocycles. The summed E-state index contributed by atoms with van der Waals surface area (Å²) in [6.45, 7) is 0.820. The lowest BCUT2D eigenvalue weighted by Gasteiger charge is -2.19. The summed E-state index contributed by atoms with van der Waals surface area (Å²) >= 11 is 0. The molecule has 0 aromatic carbocycles. The molecule has 1 saturated heterocycles. The summed E-state index contributed by atoms with van der Waals surface area (Å²) in [6, 6.07) is 0.00560. The van der Waals surface area contributed by atoms with E-state index < -0.39 is 0 Å². The van der Waals surface area contributed by atoms with Crippen molar-refractivity contribution < 1.29 is 4.79 Å². The third-order valence-corrected chi connectivity index (χ3v) is 1.99. The Morgan fingerprint density at radius 2 is 2.55 bits per heavy atom. The highest BCUT2D eigenvalue weighted by atomic mass is 16.2. The predicted octanol–water partition coefficient (Wildman–Crippen LogP) is -0.414. The molecule has 4 nitrogen and oxygen atoms in total. The van der Waals surface area contributed by atoms with E-state index in [-0.39, 0.29) is 18.5 Å². The molecule has 1 aliphatic rings. The van der Waals surface area contributed by atoms with Gasteiger partial charge < -0.3 is 16.0 Å². The van der Waals surface area contributed by atoms with Crippen molar-refractivity contribution in [1.82, 2.24) is 4.90 Å².